The first-order valence-corrected chi connectivity index (χ1v) is 11.2. The zero-order chi connectivity index (χ0) is 21.7. The van der Waals surface area contributed by atoms with Crippen LogP contribution in [0.3, 0.4) is 0 Å². The van der Waals surface area contributed by atoms with E-state index >= 15 is 0 Å². The van der Waals surface area contributed by atoms with Crippen molar-refractivity contribution in [2.75, 3.05) is 0 Å². The van der Waals surface area contributed by atoms with Crippen LogP contribution in [-0.4, -0.2) is 6.36 Å². The third-order valence-corrected chi connectivity index (χ3v) is 6.83. The quantitative estimate of drug-likeness (QED) is 0.326. The predicted octanol–water partition coefficient (Wildman–Crippen LogP) is 8.30. The first kappa shape index (κ1) is 23.1. The molecule has 6 heteroatoms. The molecule has 2 aliphatic rings. The van der Waals surface area contributed by atoms with Gasteiger partial charge in [0.05, 0.1) is 0 Å². The molecule has 0 unspecified atom stereocenters. The van der Waals surface area contributed by atoms with E-state index in [4.69, 9.17) is 0 Å². The van der Waals surface area contributed by atoms with Gasteiger partial charge in [0.1, 0.15) is 0 Å². The molecule has 3 rings (SSSR count). The number of hydrogen-bond donors (Lipinski definition) is 0. The van der Waals surface area contributed by atoms with Crippen molar-refractivity contribution in [1.82, 2.24) is 0 Å². The van der Waals surface area contributed by atoms with Crippen molar-refractivity contribution >= 4 is 0 Å². The first-order chi connectivity index (χ1) is 14.3. The number of unbranched alkanes of at least 4 members (excludes halogenated alkanes) is 1. The lowest BCUT2D eigenvalue weighted by Crippen LogP contribution is -2.25. The molecule has 168 valence electrons. The Labute approximate surface area is 175 Å². The molecule has 2 saturated carbocycles. The van der Waals surface area contributed by atoms with Gasteiger partial charge in [-0.3, -0.25) is 0 Å². The maximum Gasteiger partial charge on any atom is 0.573 e. The first-order valence-electron chi connectivity index (χ1n) is 11.2. The normalized spacial score (nSPS) is 28.1. The van der Waals surface area contributed by atoms with Crippen LogP contribution < -0.4 is 4.74 Å². The van der Waals surface area contributed by atoms with Crippen molar-refractivity contribution in [3.63, 3.8) is 0 Å². The van der Waals surface area contributed by atoms with Crippen molar-refractivity contribution in [2.24, 2.45) is 17.8 Å². The zero-order valence-corrected chi connectivity index (χ0v) is 17.5. The fraction of sp³-hybridized carbons (Fsp3) is 0.667. The van der Waals surface area contributed by atoms with Crippen LogP contribution in [0, 0.1) is 29.4 Å². The minimum Gasteiger partial charge on any atom is -0.399 e. The van der Waals surface area contributed by atoms with Gasteiger partial charge in [0.2, 0.25) is 5.75 Å². The van der Waals surface area contributed by atoms with Gasteiger partial charge >= 0.3 is 6.36 Å². The van der Waals surface area contributed by atoms with Crippen LogP contribution in [-0.2, 0) is 0 Å². The molecule has 2 fully saturated rings. The topological polar surface area (TPSA) is 9.23 Å². The molecule has 0 bridgehead atoms. The summed E-state index contributed by atoms with van der Waals surface area (Å²) in [5.41, 5.74) is 0.433. The van der Waals surface area contributed by atoms with E-state index in [1.54, 1.807) is 0 Å². The standard InChI is InChI=1S/C24H31F5O/c1-2-3-4-5-16-6-8-17(9-7-16)18-10-12-19(13-11-18)20-14-21(25)23(22(26)15-20)30-24(27,28)29/h4-5,14-19H,2-3,6-13H2,1H3. The van der Waals surface area contributed by atoms with Crippen molar-refractivity contribution in [2.45, 2.75) is 83.4 Å². The highest BCUT2D eigenvalue weighted by atomic mass is 19.4. The van der Waals surface area contributed by atoms with E-state index in [1.807, 2.05) is 0 Å². The van der Waals surface area contributed by atoms with Gasteiger partial charge in [0.15, 0.2) is 11.6 Å². The molecule has 1 aromatic rings. The van der Waals surface area contributed by atoms with Crippen molar-refractivity contribution in [3.8, 4) is 5.75 Å². The molecule has 2 aliphatic carbocycles. The van der Waals surface area contributed by atoms with Crippen LogP contribution in [0.15, 0.2) is 24.3 Å². The Bertz CT molecular complexity index is 688. The summed E-state index contributed by atoms with van der Waals surface area (Å²) >= 11 is 0. The molecule has 0 saturated heterocycles. The Morgan fingerprint density at radius 2 is 1.43 bits per heavy atom. The molecule has 1 aromatic carbocycles. The summed E-state index contributed by atoms with van der Waals surface area (Å²) in [6.45, 7) is 2.19. The average Bonchev–Trinajstić information content (AvgIpc) is 2.71. The minimum absolute atomic E-state index is 0.0153. The predicted molar refractivity (Wildman–Crippen MR) is 107 cm³/mol. The Morgan fingerprint density at radius 3 is 1.93 bits per heavy atom. The summed E-state index contributed by atoms with van der Waals surface area (Å²) in [6.07, 6.45) is 10.5. The lowest BCUT2D eigenvalue weighted by Gasteiger charge is -2.37. The van der Waals surface area contributed by atoms with Crippen molar-refractivity contribution < 1.29 is 26.7 Å². The Hall–Kier alpha value is -1.59. The lowest BCUT2D eigenvalue weighted by atomic mass is 9.68. The van der Waals surface area contributed by atoms with E-state index in [9.17, 15) is 22.0 Å². The number of hydrogen-bond acceptors (Lipinski definition) is 1. The van der Waals surface area contributed by atoms with Gasteiger partial charge in [-0.15, -0.1) is 13.2 Å². The fourth-order valence-electron chi connectivity index (χ4n) is 5.22. The Kier molecular flexibility index (Phi) is 7.81. The SMILES string of the molecule is CCCC=CC1CCC(C2CCC(c3cc(F)c(OC(F)(F)F)c(F)c3)CC2)CC1. The van der Waals surface area contributed by atoms with Gasteiger partial charge in [0.25, 0.3) is 0 Å². The van der Waals surface area contributed by atoms with Crippen LogP contribution in [0.5, 0.6) is 5.75 Å². The van der Waals surface area contributed by atoms with Crippen molar-refractivity contribution in [3.05, 3.63) is 41.5 Å². The van der Waals surface area contributed by atoms with Gasteiger partial charge in [-0.05, 0) is 99.2 Å². The van der Waals surface area contributed by atoms with E-state index in [-0.39, 0.29) is 5.92 Å². The van der Waals surface area contributed by atoms with Gasteiger partial charge < -0.3 is 4.74 Å². The number of benzene rings is 1. The average molecular weight is 431 g/mol. The van der Waals surface area contributed by atoms with Crippen LogP contribution in [0.2, 0.25) is 0 Å². The van der Waals surface area contributed by atoms with Gasteiger partial charge in [0, 0.05) is 0 Å². The molecule has 0 spiro atoms. The largest absolute Gasteiger partial charge is 0.573 e. The summed E-state index contributed by atoms with van der Waals surface area (Å²) in [7, 11) is 0. The lowest BCUT2D eigenvalue weighted by molar-refractivity contribution is -0.276. The highest BCUT2D eigenvalue weighted by Crippen LogP contribution is 2.45. The van der Waals surface area contributed by atoms with E-state index in [2.05, 4.69) is 23.8 Å². The van der Waals surface area contributed by atoms with E-state index in [1.165, 1.54) is 32.1 Å². The summed E-state index contributed by atoms with van der Waals surface area (Å²) in [4.78, 5) is 0. The van der Waals surface area contributed by atoms with Gasteiger partial charge in [-0.25, -0.2) is 8.78 Å². The van der Waals surface area contributed by atoms with Crippen LogP contribution >= 0.6 is 0 Å². The van der Waals surface area contributed by atoms with E-state index in [0.29, 0.717) is 17.4 Å². The highest BCUT2D eigenvalue weighted by Gasteiger charge is 2.35. The number of rotatable bonds is 6. The number of halogens is 5. The van der Waals surface area contributed by atoms with Gasteiger partial charge in [-0.1, -0.05) is 25.5 Å². The summed E-state index contributed by atoms with van der Waals surface area (Å²) in [5.74, 6) is -1.91. The van der Waals surface area contributed by atoms with Crippen LogP contribution in [0.25, 0.3) is 0 Å². The van der Waals surface area contributed by atoms with Gasteiger partial charge in [-0.2, -0.15) is 0 Å². The maximum absolute atomic E-state index is 14.0. The molecule has 0 heterocycles. The maximum atomic E-state index is 14.0. The molecule has 30 heavy (non-hydrogen) atoms. The monoisotopic (exact) mass is 430 g/mol. The molecule has 0 aliphatic heterocycles. The number of ether oxygens (including phenoxy) is 1. The smallest absolute Gasteiger partial charge is 0.399 e. The number of allylic oxidation sites excluding steroid dienone is 2. The summed E-state index contributed by atoms with van der Waals surface area (Å²) in [5, 5.41) is 0. The highest BCUT2D eigenvalue weighted by molar-refractivity contribution is 5.33. The Balaban J connectivity index is 1.52. The molecule has 0 radical (unpaired) electrons. The van der Waals surface area contributed by atoms with Crippen LogP contribution in [0.1, 0.15) is 82.6 Å². The fourth-order valence-corrected chi connectivity index (χ4v) is 5.22. The zero-order valence-electron chi connectivity index (χ0n) is 17.5. The molecule has 0 N–H and O–H groups in total. The summed E-state index contributed by atoms with van der Waals surface area (Å²) < 4.78 is 68.5. The molecule has 0 amide bonds. The third kappa shape index (κ3) is 6.21. The second kappa shape index (κ2) is 10.1. The second-order valence-corrected chi connectivity index (χ2v) is 8.86. The molecule has 0 aromatic heterocycles. The number of alkyl halides is 3. The second-order valence-electron chi connectivity index (χ2n) is 8.86. The minimum atomic E-state index is -5.12. The molecular formula is C24H31F5O. The third-order valence-electron chi connectivity index (χ3n) is 6.83. The van der Waals surface area contributed by atoms with Crippen LogP contribution in [0.4, 0.5) is 22.0 Å². The van der Waals surface area contributed by atoms with E-state index < -0.39 is 23.7 Å². The Morgan fingerprint density at radius 1 is 0.900 bits per heavy atom. The molecule has 0 atom stereocenters. The molecular weight excluding hydrogens is 399 g/mol. The van der Waals surface area contributed by atoms with E-state index in [0.717, 1.165) is 50.2 Å². The van der Waals surface area contributed by atoms with Crippen molar-refractivity contribution in [1.29, 1.82) is 0 Å². The molecule has 1 nitrogen and oxygen atoms in total. The summed E-state index contributed by atoms with van der Waals surface area (Å²) in [6, 6.07) is 2.01.